The molecule has 0 aromatic heterocycles. The number of fused-ring (bicyclic) bond motifs is 1. The summed E-state index contributed by atoms with van der Waals surface area (Å²) in [7, 11) is 1.36. The minimum atomic E-state index is -0.885. The van der Waals surface area contributed by atoms with Gasteiger partial charge >= 0.3 is 5.97 Å². The van der Waals surface area contributed by atoms with Crippen molar-refractivity contribution in [2.45, 2.75) is 26.7 Å². The molecule has 0 spiro atoms. The third kappa shape index (κ3) is 1.41. The molecule has 2 rings (SSSR count). The summed E-state index contributed by atoms with van der Waals surface area (Å²) in [5.41, 5.74) is -0.885. The summed E-state index contributed by atoms with van der Waals surface area (Å²) in [6, 6.07) is 0. The van der Waals surface area contributed by atoms with Crippen molar-refractivity contribution in [3.63, 3.8) is 0 Å². The fourth-order valence-corrected chi connectivity index (χ4v) is 3.74. The van der Waals surface area contributed by atoms with E-state index in [-0.39, 0.29) is 23.6 Å². The van der Waals surface area contributed by atoms with Crippen LogP contribution in [0.15, 0.2) is 12.7 Å². The quantitative estimate of drug-likeness (QED) is 0.428. The van der Waals surface area contributed by atoms with Gasteiger partial charge in [-0.2, -0.15) is 0 Å². The molecule has 4 atom stereocenters. The van der Waals surface area contributed by atoms with Gasteiger partial charge in [-0.05, 0) is 24.2 Å². The molecule has 0 bridgehead atoms. The van der Waals surface area contributed by atoms with Crippen molar-refractivity contribution in [3.05, 3.63) is 12.7 Å². The number of hydrogen-bond acceptors (Lipinski definition) is 3. The molecule has 0 amide bonds. The molecule has 3 nitrogen and oxygen atoms in total. The van der Waals surface area contributed by atoms with Crippen LogP contribution in [-0.4, -0.2) is 18.9 Å². The predicted molar refractivity (Wildman–Crippen MR) is 64.2 cm³/mol. The maximum atomic E-state index is 12.1. The summed E-state index contributed by atoms with van der Waals surface area (Å²) in [4.78, 5) is 24.1. The first-order chi connectivity index (χ1) is 8.01. The zero-order chi connectivity index (χ0) is 12.8. The molecule has 2 aliphatic rings. The summed E-state index contributed by atoms with van der Waals surface area (Å²) in [6.45, 7) is 8.08. The lowest BCUT2D eigenvalue weighted by atomic mass is 9.75. The van der Waals surface area contributed by atoms with E-state index in [0.717, 1.165) is 6.42 Å². The van der Waals surface area contributed by atoms with Gasteiger partial charge in [0.05, 0.1) is 7.11 Å². The summed E-state index contributed by atoms with van der Waals surface area (Å²) in [6.07, 6.45) is 3.16. The van der Waals surface area contributed by atoms with Gasteiger partial charge in [-0.3, -0.25) is 9.59 Å². The standard InChI is InChI=1S/C14H20O3/c1-5-10-12-9(8(2)3)6-7-11(15)14(10,12)13(16)17-4/h5,8-10,12H,1,6-7H2,2-4H3/t9-,10+,12+,14-/m1/s1. The Kier molecular flexibility index (Phi) is 2.88. The maximum Gasteiger partial charge on any atom is 0.320 e. The van der Waals surface area contributed by atoms with E-state index >= 15 is 0 Å². The van der Waals surface area contributed by atoms with Crippen molar-refractivity contribution in [1.29, 1.82) is 0 Å². The minimum absolute atomic E-state index is 0.0163. The smallest absolute Gasteiger partial charge is 0.320 e. The highest BCUT2D eigenvalue weighted by Crippen LogP contribution is 2.68. The highest BCUT2D eigenvalue weighted by atomic mass is 16.5. The average Bonchev–Trinajstić information content (AvgIpc) is 2.99. The van der Waals surface area contributed by atoms with Gasteiger partial charge in [-0.15, -0.1) is 6.58 Å². The van der Waals surface area contributed by atoms with Crippen LogP contribution in [0.5, 0.6) is 0 Å². The Balaban J connectivity index is 2.38. The third-order valence-corrected chi connectivity index (χ3v) is 4.59. The Morgan fingerprint density at radius 2 is 2.24 bits per heavy atom. The minimum Gasteiger partial charge on any atom is -0.468 e. The molecule has 94 valence electrons. The van der Waals surface area contributed by atoms with Crippen molar-refractivity contribution in [1.82, 2.24) is 0 Å². The van der Waals surface area contributed by atoms with E-state index in [2.05, 4.69) is 20.4 Å². The summed E-state index contributed by atoms with van der Waals surface area (Å²) in [5, 5.41) is 0. The zero-order valence-electron chi connectivity index (χ0n) is 10.7. The second-order valence-corrected chi connectivity index (χ2v) is 5.52. The first-order valence-corrected chi connectivity index (χ1v) is 6.26. The van der Waals surface area contributed by atoms with Gasteiger partial charge in [0.25, 0.3) is 0 Å². The van der Waals surface area contributed by atoms with Crippen molar-refractivity contribution in [2.75, 3.05) is 7.11 Å². The van der Waals surface area contributed by atoms with E-state index in [1.807, 2.05) is 0 Å². The second kappa shape index (κ2) is 3.97. The maximum absolute atomic E-state index is 12.1. The van der Waals surface area contributed by atoms with Crippen molar-refractivity contribution in [3.8, 4) is 0 Å². The molecular formula is C14H20O3. The van der Waals surface area contributed by atoms with Crippen LogP contribution < -0.4 is 0 Å². The number of ketones is 1. The van der Waals surface area contributed by atoms with E-state index in [9.17, 15) is 9.59 Å². The van der Waals surface area contributed by atoms with Crippen molar-refractivity contribution in [2.24, 2.45) is 29.1 Å². The number of ether oxygens (including phenoxy) is 1. The first kappa shape index (κ1) is 12.3. The monoisotopic (exact) mass is 236 g/mol. The normalized spacial score (nSPS) is 39.8. The Morgan fingerprint density at radius 3 is 2.71 bits per heavy atom. The molecule has 0 heterocycles. The van der Waals surface area contributed by atoms with Crippen LogP contribution in [0.4, 0.5) is 0 Å². The van der Waals surface area contributed by atoms with Crippen LogP contribution in [0.25, 0.3) is 0 Å². The molecule has 2 aliphatic carbocycles. The molecule has 0 radical (unpaired) electrons. The lowest BCUT2D eigenvalue weighted by Crippen LogP contribution is -2.36. The third-order valence-electron chi connectivity index (χ3n) is 4.59. The summed E-state index contributed by atoms with van der Waals surface area (Å²) >= 11 is 0. The number of carbonyl (C=O) groups is 2. The molecule has 2 saturated carbocycles. The Bertz CT molecular complexity index is 362. The van der Waals surface area contributed by atoms with Crippen LogP contribution in [0.1, 0.15) is 26.7 Å². The molecule has 0 aromatic carbocycles. The van der Waals surface area contributed by atoms with Crippen molar-refractivity contribution >= 4 is 11.8 Å². The first-order valence-electron chi connectivity index (χ1n) is 6.26. The van der Waals surface area contributed by atoms with Crippen LogP contribution >= 0.6 is 0 Å². The highest BCUT2D eigenvalue weighted by Gasteiger charge is 2.76. The lowest BCUT2D eigenvalue weighted by Gasteiger charge is -2.28. The van der Waals surface area contributed by atoms with Crippen molar-refractivity contribution < 1.29 is 14.3 Å². The summed E-state index contributed by atoms with van der Waals surface area (Å²) < 4.78 is 4.86. The Morgan fingerprint density at radius 1 is 1.59 bits per heavy atom. The molecule has 0 N–H and O–H groups in total. The van der Waals surface area contributed by atoms with Gasteiger partial charge in [0, 0.05) is 12.3 Å². The molecule has 0 unspecified atom stereocenters. The van der Waals surface area contributed by atoms with E-state index in [1.165, 1.54) is 7.11 Å². The van der Waals surface area contributed by atoms with Crippen LogP contribution in [0, 0.1) is 29.1 Å². The number of Topliss-reactive ketones (excluding diaryl/α,β-unsaturated/α-hetero) is 1. The molecule has 0 aromatic rings. The fraction of sp³-hybridized carbons (Fsp3) is 0.714. The van der Waals surface area contributed by atoms with Gasteiger partial charge < -0.3 is 4.74 Å². The number of rotatable bonds is 3. The molecular weight excluding hydrogens is 216 g/mol. The van der Waals surface area contributed by atoms with Gasteiger partial charge in [0.15, 0.2) is 5.78 Å². The number of hydrogen-bond donors (Lipinski definition) is 0. The topological polar surface area (TPSA) is 43.4 Å². The zero-order valence-corrected chi connectivity index (χ0v) is 10.7. The van der Waals surface area contributed by atoms with E-state index in [0.29, 0.717) is 18.3 Å². The molecule has 0 aliphatic heterocycles. The van der Waals surface area contributed by atoms with E-state index in [1.54, 1.807) is 6.08 Å². The number of esters is 1. The number of allylic oxidation sites excluding steroid dienone is 1. The Hall–Kier alpha value is -1.12. The van der Waals surface area contributed by atoms with E-state index < -0.39 is 5.41 Å². The molecule has 17 heavy (non-hydrogen) atoms. The largest absolute Gasteiger partial charge is 0.468 e. The Labute approximate surface area is 102 Å². The predicted octanol–water partition coefficient (Wildman–Crippen LogP) is 2.21. The van der Waals surface area contributed by atoms with Gasteiger partial charge in [0.2, 0.25) is 0 Å². The molecule has 2 fully saturated rings. The average molecular weight is 236 g/mol. The summed E-state index contributed by atoms with van der Waals surface area (Å²) in [5.74, 6) is 0.710. The van der Waals surface area contributed by atoms with E-state index in [4.69, 9.17) is 4.74 Å². The molecule has 3 heteroatoms. The van der Waals surface area contributed by atoms with Gasteiger partial charge in [-0.25, -0.2) is 0 Å². The van der Waals surface area contributed by atoms with Crippen LogP contribution in [-0.2, 0) is 14.3 Å². The fourth-order valence-electron chi connectivity index (χ4n) is 3.74. The number of methoxy groups -OCH3 is 1. The van der Waals surface area contributed by atoms with Gasteiger partial charge in [-0.1, -0.05) is 19.9 Å². The van der Waals surface area contributed by atoms with Crippen LogP contribution in [0.2, 0.25) is 0 Å². The van der Waals surface area contributed by atoms with Crippen LogP contribution in [0.3, 0.4) is 0 Å². The number of carbonyl (C=O) groups excluding carboxylic acids is 2. The highest BCUT2D eigenvalue weighted by molar-refractivity contribution is 6.09. The second-order valence-electron chi connectivity index (χ2n) is 5.52. The van der Waals surface area contributed by atoms with Gasteiger partial charge in [0.1, 0.15) is 5.41 Å². The SMILES string of the molecule is C=C[C@H]1[C@@H]2[C@@H](C(C)C)CCC(=O)[C@@]21C(=O)OC. The lowest BCUT2D eigenvalue weighted by molar-refractivity contribution is -0.154. The molecule has 0 saturated heterocycles.